The van der Waals surface area contributed by atoms with E-state index in [4.69, 9.17) is 34.3 Å². The summed E-state index contributed by atoms with van der Waals surface area (Å²) in [6.07, 6.45) is -0.491. The standard InChI is InChI=1S/C12H12ClFN2O2S/c13-7-1-2-9(14)8(5-7)12(17)16-3-4-18-10(6-16)11(15)19/h1-2,5,10H,3-4,6H2,(H2,15,19). The lowest BCUT2D eigenvalue weighted by Gasteiger charge is -2.32. The van der Waals surface area contributed by atoms with Gasteiger partial charge >= 0.3 is 0 Å². The number of halogens is 2. The van der Waals surface area contributed by atoms with Gasteiger partial charge in [0.05, 0.1) is 18.7 Å². The number of morpholine rings is 1. The van der Waals surface area contributed by atoms with Crippen LogP contribution in [0.1, 0.15) is 10.4 Å². The molecule has 0 aromatic heterocycles. The molecule has 0 aliphatic carbocycles. The number of thiocarbonyl (C=S) groups is 1. The fraction of sp³-hybridized carbons (Fsp3) is 0.333. The van der Waals surface area contributed by atoms with Crippen LogP contribution in [0.2, 0.25) is 5.02 Å². The third-order valence-electron chi connectivity index (χ3n) is 2.83. The van der Waals surface area contributed by atoms with Gasteiger partial charge in [0.15, 0.2) is 0 Å². The van der Waals surface area contributed by atoms with Crippen molar-refractivity contribution in [2.24, 2.45) is 5.73 Å². The molecule has 1 atom stereocenters. The maximum absolute atomic E-state index is 13.6. The number of rotatable bonds is 2. The van der Waals surface area contributed by atoms with E-state index in [-0.39, 0.29) is 17.1 Å². The summed E-state index contributed by atoms with van der Waals surface area (Å²) in [5.41, 5.74) is 5.44. The normalized spacial score (nSPS) is 19.3. The predicted octanol–water partition coefficient (Wildman–Crippen LogP) is 1.61. The Balaban J connectivity index is 2.19. The van der Waals surface area contributed by atoms with E-state index in [9.17, 15) is 9.18 Å². The van der Waals surface area contributed by atoms with Crippen LogP contribution in [0, 0.1) is 5.82 Å². The number of amides is 1. The fourth-order valence-corrected chi connectivity index (χ4v) is 2.15. The number of benzene rings is 1. The summed E-state index contributed by atoms with van der Waals surface area (Å²) >= 11 is 10.6. The molecule has 1 amide bonds. The molecule has 7 heteroatoms. The van der Waals surface area contributed by atoms with Gasteiger partial charge in [-0.3, -0.25) is 4.79 Å². The van der Waals surface area contributed by atoms with Crippen molar-refractivity contribution in [1.29, 1.82) is 0 Å². The van der Waals surface area contributed by atoms with Gasteiger partial charge < -0.3 is 15.4 Å². The van der Waals surface area contributed by atoms with Crippen molar-refractivity contribution in [2.45, 2.75) is 6.10 Å². The lowest BCUT2D eigenvalue weighted by Crippen LogP contribution is -2.50. The van der Waals surface area contributed by atoms with Crippen LogP contribution >= 0.6 is 23.8 Å². The van der Waals surface area contributed by atoms with E-state index in [1.165, 1.54) is 23.1 Å². The van der Waals surface area contributed by atoms with Crippen LogP contribution in [0.5, 0.6) is 0 Å². The van der Waals surface area contributed by atoms with E-state index in [0.717, 1.165) is 0 Å². The molecule has 2 N–H and O–H groups in total. The van der Waals surface area contributed by atoms with Gasteiger partial charge in [0.1, 0.15) is 16.9 Å². The average Bonchev–Trinajstić information content (AvgIpc) is 2.41. The number of carbonyl (C=O) groups excluding carboxylic acids is 1. The SMILES string of the molecule is NC(=S)C1CN(C(=O)c2cc(Cl)ccc2F)CCO1. The Morgan fingerprint density at radius 1 is 1.58 bits per heavy atom. The number of hydrogen-bond acceptors (Lipinski definition) is 3. The highest BCUT2D eigenvalue weighted by Crippen LogP contribution is 2.18. The molecule has 0 bridgehead atoms. The lowest BCUT2D eigenvalue weighted by atomic mass is 10.1. The second-order valence-corrected chi connectivity index (χ2v) is 5.04. The van der Waals surface area contributed by atoms with Gasteiger partial charge in [-0.15, -0.1) is 0 Å². The Morgan fingerprint density at radius 2 is 2.32 bits per heavy atom. The molecule has 1 aromatic carbocycles. The maximum Gasteiger partial charge on any atom is 0.257 e. The molecular formula is C12H12ClFN2O2S. The summed E-state index contributed by atoms with van der Waals surface area (Å²) in [5, 5.41) is 0.309. The summed E-state index contributed by atoms with van der Waals surface area (Å²) in [7, 11) is 0. The molecule has 0 radical (unpaired) electrons. The summed E-state index contributed by atoms with van der Waals surface area (Å²) in [5.74, 6) is -1.04. The Morgan fingerprint density at radius 3 is 3.00 bits per heavy atom. The van der Waals surface area contributed by atoms with Crippen LogP contribution in [0.3, 0.4) is 0 Å². The fourth-order valence-electron chi connectivity index (χ4n) is 1.84. The zero-order chi connectivity index (χ0) is 14.0. The quantitative estimate of drug-likeness (QED) is 0.843. The first-order chi connectivity index (χ1) is 8.99. The first kappa shape index (κ1) is 14.2. The van der Waals surface area contributed by atoms with Crippen LogP contribution in [-0.2, 0) is 4.74 Å². The molecule has 19 heavy (non-hydrogen) atoms. The van der Waals surface area contributed by atoms with E-state index >= 15 is 0 Å². The molecule has 1 unspecified atom stereocenters. The minimum absolute atomic E-state index is 0.0592. The van der Waals surface area contributed by atoms with Crippen molar-refractivity contribution in [3.05, 3.63) is 34.6 Å². The van der Waals surface area contributed by atoms with Gasteiger partial charge in [0.2, 0.25) is 0 Å². The first-order valence-electron chi connectivity index (χ1n) is 5.64. The molecule has 1 saturated heterocycles. The molecule has 1 heterocycles. The topological polar surface area (TPSA) is 55.6 Å². The summed E-state index contributed by atoms with van der Waals surface area (Å²) in [6.45, 7) is 0.903. The molecule has 1 aliphatic heterocycles. The van der Waals surface area contributed by atoms with Gasteiger partial charge in [-0.25, -0.2) is 4.39 Å². The van der Waals surface area contributed by atoms with Crippen LogP contribution in [0.25, 0.3) is 0 Å². The van der Waals surface area contributed by atoms with Crippen molar-refractivity contribution in [2.75, 3.05) is 19.7 Å². The Hall–Kier alpha value is -1.24. The van der Waals surface area contributed by atoms with E-state index < -0.39 is 17.8 Å². The predicted molar refractivity (Wildman–Crippen MR) is 73.8 cm³/mol. The highest BCUT2D eigenvalue weighted by molar-refractivity contribution is 7.80. The highest BCUT2D eigenvalue weighted by Gasteiger charge is 2.28. The molecule has 0 spiro atoms. The van der Waals surface area contributed by atoms with Crippen molar-refractivity contribution in [1.82, 2.24) is 4.90 Å². The number of hydrogen-bond donors (Lipinski definition) is 1. The van der Waals surface area contributed by atoms with Crippen LogP contribution in [0.4, 0.5) is 4.39 Å². The van der Waals surface area contributed by atoms with E-state index in [2.05, 4.69) is 0 Å². The average molecular weight is 303 g/mol. The molecule has 102 valence electrons. The number of carbonyl (C=O) groups is 1. The Bertz CT molecular complexity index is 526. The van der Waals surface area contributed by atoms with Crippen LogP contribution in [0.15, 0.2) is 18.2 Å². The monoisotopic (exact) mass is 302 g/mol. The van der Waals surface area contributed by atoms with Crippen LogP contribution in [-0.4, -0.2) is 41.6 Å². The van der Waals surface area contributed by atoms with E-state index in [0.29, 0.717) is 18.2 Å². The van der Waals surface area contributed by atoms with E-state index in [1.807, 2.05) is 0 Å². The number of ether oxygens (including phenoxy) is 1. The largest absolute Gasteiger partial charge is 0.391 e. The number of nitrogens with two attached hydrogens (primary N) is 1. The molecule has 1 aromatic rings. The molecule has 0 saturated carbocycles. The third kappa shape index (κ3) is 3.20. The molecule has 4 nitrogen and oxygen atoms in total. The zero-order valence-electron chi connectivity index (χ0n) is 9.94. The van der Waals surface area contributed by atoms with E-state index in [1.54, 1.807) is 0 Å². The smallest absolute Gasteiger partial charge is 0.257 e. The van der Waals surface area contributed by atoms with Gasteiger partial charge in [-0.2, -0.15) is 0 Å². The minimum atomic E-state index is -0.604. The van der Waals surface area contributed by atoms with Gasteiger partial charge in [-0.05, 0) is 18.2 Å². The van der Waals surface area contributed by atoms with Gasteiger partial charge in [0, 0.05) is 11.6 Å². The van der Waals surface area contributed by atoms with Crippen molar-refractivity contribution in [3.8, 4) is 0 Å². The molecule has 1 aliphatic rings. The Labute approximate surface area is 120 Å². The Kier molecular flexibility index (Phi) is 4.34. The van der Waals surface area contributed by atoms with Crippen molar-refractivity contribution < 1.29 is 13.9 Å². The van der Waals surface area contributed by atoms with Gasteiger partial charge in [-0.1, -0.05) is 23.8 Å². The second-order valence-electron chi connectivity index (χ2n) is 4.14. The summed E-state index contributed by atoms with van der Waals surface area (Å²) < 4.78 is 19.0. The van der Waals surface area contributed by atoms with Crippen molar-refractivity contribution >= 4 is 34.7 Å². The maximum atomic E-state index is 13.6. The van der Waals surface area contributed by atoms with Crippen LogP contribution < -0.4 is 5.73 Å². The summed E-state index contributed by atoms with van der Waals surface area (Å²) in [6, 6.07) is 3.87. The second kappa shape index (κ2) is 5.81. The number of nitrogens with zero attached hydrogens (tertiary/aromatic N) is 1. The lowest BCUT2D eigenvalue weighted by molar-refractivity contribution is 0.00856. The first-order valence-corrected chi connectivity index (χ1v) is 6.43. The minimum Gasteiger partial charge on any atom is -0.391 e. The third-order valence-corrected chi connectivity index (χ3v) is 3.33. The molecule has 1 fully saturated rings. The van der Waals surface area contributed by atoms with Crippen molar-refractivity contribution in [3.63, 3.8) is 0 Å². The molecular weight excluding hydrogens is 291 g/mol. The highest BCUT2D eigenvalue weighted by atomic mass is 35.5. The zero-order valence-corrected chi connectivity index (χ0v) is 11.5. The molecule has 2 rings (SSSR count). The van der Waals surface area contributed by atoms with Gasteiger partial charge in [0.25, 0.3) is 5.91 Å². The summed E-state index contributed by atoms with van der Waals surface area (Å²) in [4.78, 5) is 13.9.